The zero-order valence-electron chi connectivity index (χ0n) is 20.8. The third-order valence-corrected chi connectivity index (χ3v) is 5.70. The van der Waals surface area contributed by atoms with Crippen LogP contribution in [-0.4, -0.2) is 54.7 Å². The zero-order valence-corrected chi connectivity index (χ0v) is 20.8. The highest BCUT2D eigenvalue weighted by atomic mass is 16.7. The van der Waals surface area contributed by atoms with Gasteiger partial charge in [0.1, 0.15) is 5.60 Å². The fraction of sp³-hybridized carbons (Fsp3) is 0.583. The SMILES string of the molecule is CN(CCc1ccc(CN=C/C(=C\N)B2OC(C)(C)C(C)(C)O2)cc1)C(=O)OC(C)(C)C. The standard InChI is InChI=1S/C24H38BN3O4/c1-22(2,3)30-21(29)28(8)14-13-18-9-11-19(12-10-18)16-27-17-20(15-26)25-31-23(4,5)24(6,7)32-25/h9-12,15,17H,13-14,16,26H2,1-8H3/b20-15+,27-17?. The van der Waals surface area contributed by atoms with E-state index < -0.39 is 23.9 Å². The Kier molecular flexibility index (Phi) is 8.18. The molecule has 0 spiro atoms. The van der Waals surface area contributed by atoms with Crippen LogP contribution < -0.4 is 5.73 Å². The summed E-state index contributed by atoms with van der Waals surface area (Å²) < 4.78 is 17.4. The van der Waals surface area contributed by atoms with Crippen LogP contribution in [0.2, 0.25) is 0 Å². The van der Waals surface area contributed by atoms with Crippen molar-refractivity contribution in [3.63, 3.8) is 0 Å². The number of carbonyl (C=O) groups excluding carboxylic acids is 1. The van der Waals surface area contributed by atoms with Crippen LogP contribution >= 0.6 is 0 Å². The predicted octanol–water partition coefficient (Wildman–Crippen LogP) is 4.14. The van der Waals surface area contributed by atoms with Crippen LogP contribution in [0.1, 0.15) is 59.6 Å². The third-order valence-electron chi connectivity index (χ3n) is 5.70. The number of amides is 1. The van der Waals surface area contributed by atoms with E-state index in [9.17, 15) is 4.79 Å². The van der Waals surface area contributed by atoms with Gasteiger partial charge in [-0.1, -0.05) is 24.3 Å². The molecule has 0 radical (unpaired) electrons. The maximum Gasteiger partial charge on any atom is 0.497 e. The minimum absolute atomic E-state index is 0.311. The molecule has 176 valence electrons. The highest BCUT2D eigenvalue weighted by Gasteiger charge is 2.52. The van der Waals surface area contributed by atoms with Crippen molar-refractivity contribution in [1.82, 2.24) is 4.90 Å². The summed E-state index contributed by atoms with van der Waals surface area (Å²) in [4.78, 5) is 18.2. The maximum absolute atomic E-state index is 12.1. The van der Waals surface area contributed by atoms with E-state index in [1.165, 1.54) is 6.20 Å². The van der Waals surface area contributed by atoms with Gasteiger partial charge in [-0.15, -0.1) is 0 Å². The first-order valence-electron chi connectivity index (χ1n) is 11.0. The van der Waals surface area contributed by atoms with Crippen molar-refractivity contribution in [3.05, 3.63) is 47.1 Å². The van der Waals surface area contributed by atoms with E-state index >= 15 is 0 Å². The first-order valence-corrected chi connectivity index (χ1v) is 11.0. The third kappa shape index (κ3) is 7.10. The van der Waals surface area contributed by atoms with E-state index in [0.29, 0.717) is 18.6 Å². The van der Waals surface area contributed by atoms with Crippen LogP contribution in [0.25, 0.3) is 0 Å². The van der Waals surface area contributed by atoms with E-state index in [1.807, 2.05) is 60.6 Å². The number of hydrogen-bond donors (Lipinski definition) is 1. The lowest BCUT2D eigenvalue weighted by Gasteiger charge is -2.32. The average molecular weight is 443 g/mol. The molecule has 0 atom stereocenters. The first kappa shape index (κ1) is 25.9. The molecule has 1 aliphatic heterocycles. The Morgan fingerprint density at radius 1 is 1.12 bits per heavy atom. The maximum atomic E-state index is 12.1. The normalized spacial score (nSPS) is 18.2. The van der Waals surface area contributed by atoms with E-state index in [2.05, 4.69) is 17.1 Å². The second-order valence-corrected chi connectivity index (χ2v) is 10.2. The monoisotopic (exact) mass is 443 g/mol. The molecule has 2 rings (SSSR count). The number of benzene rings is 1. The lowest BCUT2D eigenvalue weighted by Crippen LogP contribution is -2.41. The van der Waals surface area contributed by atoms with E-state index in [-0.39, 0.29) is 6.09 Å². The number of carbonyl (C=O) groups is 1. The Morgan fingerprint density at radius 2 is 1.66 bits per heavy atom. The number of likely N-dealkylation sites (N-methyl/N-ethyl adjacent to an activating group) is 1. The van der Waals surface area contributed by atoms with Crippen molar-refractivity contribution in [1.29, 1.82) is 0 Å². The molecule has 0 aliphatic carbocycles. The number of nitrogens with two attached hydrogens (primary N) is 1. The molecule has 2 N–H and O–H groups in total. The van der Waals surface area contributed by atoms with Crippen LogP contribution in [0.4, 0.5) is 4.79 Å². The van der Waals surface area contributed by atoms with E-state index in [0.717, 1.165) is 17.5 Å². The van der Waals surface area contributed by atoms with E-state index in [4.69, 9.17) is 19.8 Å². The summed E-state index contributed by atoms with van der Waals surface area (Å²) in [6.45, 7) is 14.7. The smallest absolute Gasteiger partial charge is 0.444 e. The lowest BCUT2D eigenvalue weighted by atomic mass is 9.79. The van der Waals surface area contributed by atoms with Crippen LogP contribution in [0.15, 0.2) is 40.9 Å². The molecule has 0 aromatic heterocycles. The number of aliphatic imine (C=N–C) groups is 1. The fourth-order valence-electron chi connectivity index (χ4n) is 2.96. The Labute approximate surface area is 193 Å². The lowest BCUT2D eigenvalue weighted by molar-refractivity contribution is 0.00578. The number of ether oxygens (including phenoxy) is 1. The van der Waals surface area contributed by atoms with Crippen molar-refractivity contribution >= 4 is 19.4 Å². The van der Waals surface area contributed by atoms with Gasteiger partial charge in [-0.05, 0) is 72.2 Å². The molecule has 1 amide bonds. The second kappa shape index (κ2) is 10.1. The topological polar surface area (TPSA) is 86.4 Å². The van der Waals surface area contributed by atoms with Gasteiger partial charge in [0.05, 0.1) is 17.7 Å². The molecule has 1 saturated heterocycles. The molecule has 8 heteroatoms. The van der Waals surface area contributed by atoms with Crippen LogP contribution in [0.5, 0.6) is 0 Å². The van der Waals surface area contributed by atoms with Crippen molar-refractivity contribution < 1.29 is 18.8 Å². The molecule has 1 aromatic carbocycles. The van der Waals surface area contributed by atoms with Crippen molar-refractivity contribution in [3.8, 4) is 0 Å². The van der Waals surface area contributed by atoms with Gasteiger partial charge in [0.25, 0.3) is 0 Å². The van der Waals surface area contributed by atoms with Crippen molar-refractivity contribution in [2.75, 3.05) is 13.6 Å². The molecule has 1 fully saturated rings. The molecule has 32 heavy (non-hydrogen) atoms. The molecule has 1 heterocycles. The Morgan fingerprint density at radius 3 is 2.16 bits per heavy atom. The number of nitrogens with zero attached hydrogens (tertiary/aromatic N) is 2. The molecule has 1 aliphatic rings. The Balaban J connectivity index is 1.86. The number of hydrogen-bond acceptors (Lipinski definition) is 6. The average Bonchev–Trinajstić information content (AvgIpc) is 2.90. The van der Waals surface area contributed by atoms with Gasteiger partial charge in [0.2, 0.25) is 0 Å². The van der Waals surface area contributed by atoms with Gasteiger partial charge in [0.15, 0.2) is 0 Å². The summed E-state index contributed by atoms with van der Waals surface area (Å²) >= 11 is 0. The van der Waals surface area contributed by atoms with Crippen LogP contribution in [0, 0.1) is 0 Å². The minimum atomic E-state index is -0.530. The molecular weight excluding hydrogens is 405 g/mol. The summed E-state index contributed by atoms with van der Waals surface area (Å²) in [6, 6.07) is 8.20. The summed E-state index contributed by atoms with van der Waals surface area (Å²) in [5.74, 6) is 0. The zero-order chi connectivity index (χ0) is 24.2. The molecule has 0 saturated carbocycles. The summed E-state index contributed by atoms with van der Waals surface area (Å²) in [5, 5.41) is 0. The van der Waals surface area contributed by atoms with E-state index in [1.54, 1.807) is 18.2 Å². The molecule has 0 unspecified atom stereocenters. The van der Waals surface area contributed by atoms with Crippen molar-refractivity contribution in [2.24, 2.45) is 10.7 Å². The molecule has 7 nitrogen and oxygen atoms in total. The summed E-state index contributed by atoms with van der Waals surface area (Å²) in [7, 11) is 1.22. The van der Waals surface area contributed by atoms with Crippen molar-refractivity contribution in [2.45, 2.75) is 78.2 Å². The largest absolute Gasteiger partial charge is 0.497 e. The molecular formula is C24H38BN3O4. The summed E-state index contributed by atoms with van der Waals surface area (Å²) in [5.41, 5.74) is 7.38. The quantitative estimate of drug-likeness (QED) is 0.506. The van der Waals surface area contributed by atoms with Gasteiger partial charge in [0, 0.05) is 25.3 Å². The highest BCUT2D eigenvalue weighted by Crippen LogP contribution is 2.38. The molecule has 0 bridgehead atoms. The summed E-state index contributed by atoms with van der Waals surface area (Å²) in [6.07, 6.45) is 3.64. The second-order valence-electron chi connectivity index (χ2n) is 10.2. The first-order chi connectivity index (χ1) is 14.7. The van der Waals surface area contributed by atoms with Gasteiger partial charge in [-0.3, -0.25) is 4.99 Å². The van der Waals surface area contributed by atoms with Crippen LogP contribution in [-0.2, 0) is 27.0 Å². The number of rotatable bonds is 7. The number of allylic oxidation sites excluding steroid dienone is 1. The van der Waals surface area contributed by atoms with Gasteiger partial charge in [-0.2, -0.15) is 0 Å². The predicted molar refractivity (Wildman–Crippen MR) is 130 cm³/mol. The van der Waals surface area contributed by atoms with Crippen LogP contribution in [0.3, 0.4) is 0 Å². The minimum Gasteiger partial charge on any atom is -0.444 e. The van der Waals surface area contributed by atoms with Gasteiger partial charge in [-0.25, -0.2) is 4.79 Å². The Hall–Kier alpha value is -2.32. The Bertz CT molecular complexity index is 826. The van der Waals surface area contributed by atoms with Gasteiger partial charge < -0.3 is 24.7 Å². The highest BCUT2D eigenvalue weighted by molar-refractivity contribution is 6.60. The fourth-order valence-corrected chi connectivity index (χ4v) is 2.96. The molecule has 1 aromatic rings. The van der Waals surface area contributed by atoms with Gasteiger partial charge >= 0.3 is 13.2 Å².